The van der Waals surface area contributed by atoms with Gasteiger partial charge in [-0.15, -0.1) is 0 Å². The van der Waals surface area contributed by atoms with Crippen LogP contribution < -0.4 is 0 Å². The first-order valence-electron chi connectivity index (χ1n) is 5.42. The molecule has 0 aliphatic heterocycles. The lowest BCUT2D eigenvalue weighted by molar-refractivity contribution is 0.474. The molecule has 0 aliphatic carbocycles. The Labute approximate surface area is 100 Å². The molecule has 2 aromatic carbocycles. The topological polar surface area (TPSA) is 40.5 Å². The highest BCUT2D eigenvalue weighted by Gasteiger charge is 1.97. The number of hydrogen-bond acceptors (Lipinski definition) is 2. The van der Waals surface area contributed by atoms with Gasteiger partial charge in [-0.2, -0.15) is 0 Å². The van der Waals surface area contributed by atoms with Crippen LogP contribution in [0, 0.1) is 0 Å². The molecule has 17 heavy (non-hydrogen) atoms. The molecule has 0 saturated carbocycles. The molecule has 0 aromatic heterocycles. The van der Waals surface area contributed by atoms with Crippen molar-refractivity contribution in [1.29, 1.82) is 0 Å². The van der Waals surface area contributed by atoms with Crippen molar-refractivity contribution in [3.63, 3.8) is 0 Å². The molecule has 0 heterocycles. The summed E-state index contributed by atoms with van der Waals surface area (Å²) in [6.45, 7) is 2.01. The van der Waals surface area contributed by atoms with Gasteiger partial charge in [0, 0.05) is 0 Å². The summed E-state index contributed by atoms with van der Waals surface area (Å²) < 4.78 is 0. The van der Waals surface area contributed by atoms with Gasteiger partial charge in [0.1, 0.15) is 11.5 Å². The van der Waals surface area contributed by atoms with Crippen LogP contribution in [-0.2, 0) is 0 Å². The van der Waals surface area contributed by atoms with E-state index in [1.54, 1.807) is 24.3 Å². The SMILES string of the molecule is CC(=Cc1ccc(O)cc1)c1ccc(O)cc1. The zero-order chi connectivity index (χ0) is 12.3. The first-order chi connectivity index (χ1) is 8.15. The fourth-order valence-corrected chi connectivity index (χ4v) is 1.63. The van der Waals surface area contributed by atoms with E-state index in [-0.39, 0.29) is 11.5 Å². The van der Waals surface area contributed by atoms with Crippen molar-refractivity contribution >= 4 is 11.6 Å². The molecule has 0 atom stereocenters. The summed E-state index contributed by atoms with van der Waals surface area (Å²) in [5.41, 5.74) is 3.21. The molecular weight excluding hydrogens is 212 g/mol. The van der Waals surface area contributed by atoms with Crippen molar-refractivity contribution in [2.75, 3.05) is 0 Å². The Morgan fingerprint density at radius 3 is 1.82 bits per heavy atom. The molecule has 2 nitrogen and oxygen atoms in total. The quantitative estimate of drug-likeness (QED) is 0.767. The summed E-state index contributed by atoms with van der Waals surface area (Å²) in [6.07, 6.45) is 2.03. The van der Waals surface area contributed by atoms with Crippen LogP contribution in [0.15, 0.2) is 48.5 Å². The van der Waals surface area contributed by atoms with Crippen molar-refractivity contribution < 1.29 is 10.2 Å². The third-order valence-corrected chi connectivity index (χ3v) is 2.60. The van der Waals surface area contributed by atoms with E-state index < -0.39 is 0 Å². The number of phenolic OH excluding ortho intramolecular Hbond substituents is 2. The van der Waals surface area contributed by atoms with Crippen molar-refractivity contribution in [2.24, 2.45) is 0 Å². The van der Waals surface area contributed by atoms with E-state index in [1.165, 1.54) is 0 Å². The van der Waals surface area contributed by atoms with E-state index in [1.807, 2.05) is 37.3 Å². The summed E-state index contributed by atoms with van der Waals surface area (Å²) in [5.74, 6) is 0.538. The fourth-order valence-electron chi connectivity index (χ4n) is 1.63. The van der Waals surface area contributed by atoms with Gasteiger partial charge in [-0.3, -0.25) is 0 Å². The monoisotopic (exact) mass is 226 g/mol. The third kappa shape index (κ3) is 2.88. The van der Waals surface area contributed by atoms with E-state index >= 15 is 0 Å². The number of allylic oxidation sites excluding steroid dienone is 1. The minimum atomic E-state index is 0.268. The van der Waals surface area contributed by atoms with E-state index in [0.29, 0.717) is 0 Å². The molecule has 0 aliphatic rings. The third-order valence-electron chi connectivity index (χ3n) is 2.60. The maximum absolute atomic E-state index is 9.21. The van der Waals surface area contributed by atoms with Gasteiger partial charge in [-0.05, 0) is 47.9 Å². The fraction of sp³-hybridized carbons (Fsp3) is 0.0667. The molecule has 86 valence electrons. The van der Waals surface area contributed by atoms with Crippen LogP contribution in [0.2, 0.25) is 0 Å². The van der Waals surface area contributed by atoms with Gasteiger partial charge >= 0.3 is 0 Å². The van der Waals surface area contributed by atoms with Gasteiger partial charge < -0.3 is 10.2 Å². The maximum atomic E-state index is 9.21. The van der Waals surface area contributed by atoms with Crippen LogP contribution in [0.3, 0.4) is 0 Å². The van der Waals surface area contributed by atoms with Crippen LogP contribution in [0.25, 0.3) is 11.6 Å². The molecule has 0 fully saturated rings. The molecule has 0 saturated heterocycles. The van der Waals surface area contributed by atoms with Crippen LogP contribution in [0.4, 0.5) is 0 Å². The first-order valence-corrected chi connectivity index (χ1v) is 5.42. The highest BCUT2D eigenvalue weighted by Crippen LogP contribution is 2.20. The zero-order valence-electron chi connectivity index (χ0n) is 9.59. The Balaban J connectivity index is 2.27. The summed E-state index contributed by atoms with van der Waals surface area (Å²) in [4.78, 5) is 0. The van der Waals surface area contributed by atoms with Gasteiger partial charge in [-0.1, -0.05) is 30.3 Å². The Hall–Kier alpha value is -2.22. The highest BCUT2D eigenvalue weighted by molar-refractivity contribution is 5.80. The van der Waals surface area contributed by atoms with E-state index in [4.69, 9.17) is 0 Å². The molecule has 2 rings (SSSR count). The summed E-state index contributed by atoms with van der Waals surface area (Å²) in [5, 5.41) is 18.4. The van der Waals surface area contributed by atoms with Gasteiger partial charge in [0.2, 0.25) is 0 Å². The zero-order valence-corrected chi connectivity index (χ0v) is 9.59. The van der Waals surface area contributed by atoms with Crippen molar-refractivity contribution in [2.45, 2.75) is 6.92 Å². The number of rotatable bonds is 2. The number of hydrogen-bond donors (Lipinski definition) is 2. The minimum absolute atomic E-state index is 0.268. The number of aromatic hydroxyl groups is 2. The molecule has 0 amide bonds. The molecular formula is C15H14O2. The Kier molecular flexibility index (Phi) is 3.15. The van der Waals surface area contributed by atoms with Crippen LogP contribution in [0.1, 0.15) is 18.1 Å². The summed E-state index contributed by atoms with van der Waals surface area (Å²) >= 11 is 0. The predicted octanol–water partition coefficient (Wildman–Crippen LogP) is 3.66. The van der Waals surface area contributed by atoms with Gasteiger partial charge in [0.15, 0.2) is 0 Å². The molecule has 2 N–H and O–H groups in total. The second kappa shape index (κ2) is 4.74. The summed E-state index contributed by atoms with van der Waals surface area (Å²) in [6, 6.07) is 14.1. The molecule has 0 unspecified atom stereocenters. The van der Waals surface area contributed by atoms with Gasteiger partial charge in [0.25, 0.3) is 0 Å². The van der Waals surface area contributed by atoms with E-state index in [2.05, 4.69) is 0 Å². The smallest absolute Gasteiger partial charge is 0.115 e. The Bertz CT molecular complexity index is 522. The van der Waals surface area contributed by atoms with E-state index in [0.717, 1.165) is 16.7 Å². The van der Waals surface area contributed by atoms with Crippen LogP contribution in [0.5, 0.6) is 11.5 Å². The van der Waals surface area contributed by atoms with Gasteiger partial charge in [0.05, 0.1) is 0 Å². The molecule has 2 heteroatoms. The van der Waals surface area contributed by atoms with E-state index in [9.17, 15) is 10.2 Å². The average Bonchev–Trinajstić information content (AvgIpc) is 2.33. The van der Waals surface area contributed by atoms with Crippen LogP contribution in [-0.4, -0.2) is 10.2 Å². The lowest BCUT2D eigenvalue weighted by atomic mass is 10.0. The second-order valence-corrected chi connectivity index (χ2v) is 3.97. The first kappa shape index (κ1) is 11.3. The predicted molar refractivity (Wildman–Crippen MR) is 69.8 cm³/mol. The summed E-state index contributed by atoms with van der Waals surface area (Å²) in [7, 11) is 0. The average molecular weight is 226 g/mol. The van der Waals surface area contributed by atoms with Gasteiger partial charge in [-0.25, -0.2) is 0 Å². The van der Waals surface area contributed by atoms with Crippen molar-refractivity contribution in [1.82, 2.24) is 0 Å². The Morgan fingerprint density at radius 1 is 0.824 bits per heavy atom. The second-order valence-electron chi connectivity index (χ2n) is 3.97. The lowest BCUT2D eigenvalue weighted by Crippen LogP contribution is -1.79. The molecule has 0 spiro atoms. The largest absolute Gasteiger partial charge is 0.508 e. The highest BCUT2D eigenvalue weighted by atomic mass is 16.3. The minimum Gasteiger partial charge on any atom is -0.508 e. The normalized spacial score (nSPS) is 11.5. The van der Waals surface area contributed by atoms with Crippen molar-refractivity contribution in [3.8, 4) is 11.5 Å². The molecule has 0 bridgehead atoms. The maximum Gasteiger partial charge on any atom is 0.115 e. The Morgan fingerprint density at radius 2 is 1.29 bits per heavy atom. The van der Waals surface area contributed by atoms with Crippen molar-refractivity contribution in [3.05, 3.63) is 59.7 Å². The standard InChI is InChI=1S/C15H14O2/c1-11(13-4-8-15(17)9-5-13)10-12-2-6-14(16)7-3-12/h2-10,16-17H,1H3. The van der Waals surface area contributed by atoms with Crippen LogP contribution >= 0.6 is 0 Å². The number of benzene rings is 2. The molecule has 0 radical (unpaired) electrons. The lowest BCUT2D eigenvalue weighted by Gasteiger charge is -2.02. The molecule has 2 aromatic rings. The number of phenols is 2.